The minimum Gasteiger partial charge on any atom is -0.481 e. The minimum atomic E-state index is -0.519. The van der Waals surface area contributed by atoms with Crippen LogP contribution >= 0.6 is 15.9 Å². The molecule has 0 spiro atoms. The summed E-state index contributed by atoms with van der Waals surface area (Å²) in [5.74, 6) is 0.219. The molecule has 0 saturated carbocycles. The second-order valence-corrected chi connectivity index (χ2v) is 7.51. The summed E-state index contributed by atoms with van der Waals surface area (Å²) in [6, 6.07) is 0. The van der Waals surface area contributed by atoms with Crippen LogP contribution in [0.5, 0.6) is 0 Å². The first-order valence-electron chi connectivity index (χ1n) is 7.13. The zero-order chi connectivity index (χ0) is 16.3. The van der Waals surface area contributed by atoms with Crippen molar-refractivity contribution in [2.75, 3.05) is 19.7 Å². The molecule has 1 atom stereocenters. The van der Waals surface area contributed by atoms with Gasteiger partial charge in [-0.1, -0.05) is 22.5 Å². The summed E-state index contributed by atoms with van der Waals surface area (Å²) >= 11 is 3.36. The Balaban J connectivity index is 2.83. The number of likely N-dealkylation sites (tertiary alicyclic amines) is 1. The monoisotopic (exact) mass is 360 g/mol. The molecule has 0 aromatic rings. The first-order chi connectivity index (χ1) is 9.59. The molecule has 0 bridgehead atoms. The average molecular weight is 361 g/mol. The molecule has 1 amide bonds. The molecule has 1 aliphatic heterocycles. The van der Waals surface area contributed by atoms with E-state index in [4.69, 9.17) is 14.9 Å². The summed E-state index contributed by atoms with van der Waals surface area (Å²) in [6.45, 7) is 12.7. The second kappa shape index (κ2) is 6.81. The van der Waals surface area contributed by atoms with Crippen molar-refractivity contribution >= 4 is 27.9 Å². The molecule has 0 aliphatic carbocycles. The van der Waals surface area contributed by atoms with Crippen molar-refractivity contribution < 1.29 is 14.3 Å². The molecule has 1 saturated heterocycles. The third-order valence-electron chi connectivity index (χ3n) is 3.31. The maximum Gasteiger partial charge on any atom is 0.410 e. The number of nitrogens with one attached hydrogen (secondary N) is 1. The average Bonchev–Trinajstić information content (AvgIpc) is 2.72. The predicted octanol–water partition coefficient (Wildman–Crippen LogP) is 3.93. The van der Waals surface area contributed by atoms with E-state index in [2.05, 4.69) is 22.5 Å². The quantitative estimate of drug-likeness (QED) is 0.610. The largest absolute Gasteiger partial charge is 0.481 e. The molecule has 120 valence electrons. The van der Waals surface area contributed by atoms with E-state index in [-0.39, 0.29) is 12.0 Å². The third-order valence-corrected chi connectivity index (χ3v) is 3.59. The second-order valence-electron chi connectivity index (χ2n) is 6.39. The van der Waals surface area contributed by atoms with Gasteiger partial charge < -0.3 is 14.4 Å². The van der Waals surface area contributed by atoms with Crippen molar-refractivity contribution in [3.63, 3.8) is 0 Å². The fourth-order valence-electron chi connectivity index (χ4n) is 2.43. The Morgan fingerprint density at radius 3 is 2.57 bits per heavy atom. The number of carbonyl (C=O) groups is 1. The van der Waals surface area contributed by atoms with Gasteiger partial charge in [0.25, 0.3) is 0 Å². The van der Waals surface area contributed by atoms with E-state index in [1.54, 1.807) is 4.90 Å². The Morgan fingerprint density at radius 2 is 2.10 bits per heavy atom. The van der Waals surface area contributed by atoms with Crippen LogP contribution in [-0.2, 0) is 9.47 Å². The third kappa shape index (κ3) is 5.02. The molecule has 1 fully saturated rings. The van der Waals surface area contributed by atoms with Gasteiger partial charge in [-0.2, -0.15) is 0 Å². The zero-order valence-electron chi connectivity index (χ0n) is 13.3. The Morgan fingerprint density at radius 1 is 1.48 bits per heavy atom. The molecule has 6 heteroatoms. The highest BCUT2D eigenvalue weighted by Crippen LogP contribution is 2.39. The van der Waals surface area contributed by atoms with E-state index in [1.165, 1.54) is 0 Å². The van der Waals surface area contributed by atoms with E-state index in [0.29, 0.717) is 32.5 Å². The van der Waals surface area contributed by atoms with E-state index in [9.17, 15) is 4.79 Å². The zero-order valence-corrected chi connectivity index (χ0v) is 14.9. The normalized spacial score (nSPS) is 22.0. The van der Waals surface area contributed by atoms with Crippen LogP contribution in [0.4, 0.5) is 4.79 Å². The Kier molecular flexibility index (Phi) is 5.84. The highest BCUT2D eigenvalue weighted by Gasteiger charge is 2.45. The number of rotatable bonds is 4. The van der Waals surface area contributed by atoms with Gasteiger partial charge in [-0.25, -0.2) is 4.79 Å². The number of hydrogen-bond acceptors (Lipinski definition) is 4. The molecule has 21 heavy (non-hydrogen) atoms. The lowest BCUT2D eigenvalue weighted by molar-refractivity contribution is 0.0280. The van der Waals surface area contributed by atoms with Crippen molar-refractivity contribution in [1.82, 2.24) is 4.90 Å². The lowest BCUT2D eigenvalue weighted by Crippen LogP contribution is -2.40. The summed E-state index contributed by atoms with van der Waals surface area (Å²) in [5, 5.41) is 8.18. The maximum absolute atomic E-state index is 12.2. The van der Waals surface area contributed by atoms with Crippen molar-refractivity contribution in [3.05, 3.63) is 11.1 Å². The number of carbonyl (C=O) groups excluding carboxylic acids is 1. The number of amides is 1. The molecule has 1 unspecified atom stereocenters. The van der Waals surface area contributed by atoms with Gasteiger partial charge in [-0.3, -0.25) is 5.41 Å². The van der Waals surface area contributed by atoms with Gasteiger partial charge in [0, 0.05) is 13.1 Å². The fourth-order valence-corrected chi connectivity index (χ4v) is 2.97. The highest BCUT2D eigenvalue weighted by molar-refractivity contribution is 9.11. The number of nitrogens with zero attached hydrogens (tertiary/aromatic N) is 1. The van der Waals surface area contributed by atoms with E-state index < -0.39 is 11.0 Å². The molecule has 1 heterocycles. The van der Waals surface area contributed by atoms with Crippen LogP contribution < -0.4 is 0 Å². The summed E-state index contributed by atoms with van der Waals surface area (Å²) in [5.41, 5.74) is -1.03. The van der Waals surface area contributed by atoms with Crippen LogP contribution in [0, 0.1) is 10.8 Å². The van der Waals surface area contributed by atoms with Gasteiger partial charge in [-0.05, 0) is 45.0 Å². The first-order valence-corrected chi connectivity index (χ1v) is 7.92. The summed E-state index contributed by atoms with van der Waals surface area (Å²) in [6.07, 6.45) is 0.912. The standard InChI is InChI=1S/C15H25BrN2O3/c1-6-20-12(17)15(9-11(2)16)7-8-18(10-15)13(19)21-14(3,4)5/h17H,2,6-10H2,1,3-5H3. The van der Waals surface area contributed by atoms with Crippen molar-refractivity contribution in [2.24, 2.45) is 5.41 Å². The fraction of sp³-hybridized carbons (Fsp3) is 0.733. The number of allylic oxidation sites excluding steroid dienone is 1. The van der Waals surface area contributed by atoms with Crippen molar-refractivity contribution in [3.8, 4) is 0 Å². The Bertz CT molecular complexity index is 431. The van der Waals surface area contributed by atoms with E-state index in [1.807, 2.05) is 27.7 Å². The smallest absolute Gasteiger partial charge is 0.410 e. The number of hydrogen-bond donors (Lipinski definition) is 1. The van der Waals surface area contributed by atoms with Crippen molar-refractivity contribution in [2.45, 2.75) is 46.1 Å². The highest BCUT2D eigenvalue weighted by atomic mass is 79.9. The molecule has 1 aliphatic rings. The predicted molar refractivity (Wildman–Crippen MR) is 86.9 cm³/mol. The van der Waals surface area contributed by atoms with Crippen LogP contribution in [0.3, 0.4) is 0 Å². The Labute approximate surface area is 135 Å². The maximum atomic E-state index is 12.2. The molecule has 0 aromatic heterocycles. The summed E-state index contributed by atoms with van der Waals surface area (Å²) in [4.78, 5) is 13.8. The molecule has 1 N–H and O–H groups in total. The van der Waals surface area contributed by atoms with Gasteiger partial charge >= 0.3 is 6.09 Å². The van der Waals surface area contributed by atoms with Crippen LogP contribution in [0.2, 0.25) is 0 Å². The van der Waals surface area contributed by atoms with E-state index >= 15 is 0 Å². The molecule has 0 radical (unpaired) electrons. The summed E-state index contributed by atoms with van der Waals surface area (Å²) < 4.78 is 11.6. The van der Waals surface area contributed by atoms with Gasteiger partial charge in [0.15, 0.2) is 5.90 Å². The first kappa shape index (κ1) is 18.0. The van der Waals surface area contributed by atoms with Gasteiger partial charge in [-0.15, -0.1) is 0 Å². The SMILES string of the molecule is C=C(Br)CC1(C(=N)OCC)CCN(C(=O)OC(C)(C)C)C1. The molecular formula is C15H25BrN2O3. The van der Waals surface area contributed by atoms with E-state index in [0.717, 1.165) is 4.48 Å². The van der Waals surface area contributed by atoms with Crippen LogP contribution in [-0.4, -0.2) is 42.2 Å². The van der Waals surface area contributed by atoms with Gasteiger partial charge in [0.2, 0.25) is 0 Å². The van der Waals surface area contributed by atoms with Crippen LogP contribution in [0.25, 0.3) is 0 Å². The lowest BCUT2D eigenvalue weighted by atomic mass is 9.83. The number of halogens is 1. The lowest BCUT2D eigenvalue weighted by Gasteiger charge is -2.30. The van der Waals surface area contributed by atoms with Gasteiger partial charge in [0.05, 0.1) is 12.0 Å². The topological polar surface area (TPSA) is 62.6 Å². The van der Waals surface area contributed by atoms with Crippen LogP contribution in [0.1, 0.15) is 40.5 Å². The molecular weight excluding hydrogens is 336 g/mol. The number of ether oxygens (including phenoxy) is 2. The Hall–Kier alpha value is -1.04. The van der Waals surface area contributed by atoms with Crippen LogP contribution in [0.15, 0.2) is 11.1 Å². The molecule has 5 nitrogen and oxygen atoms in total. The molecule has 1 rings (SSSR count). The van der Waals surface area contributed by atoms with Crippen molar-refractivity contribution in [1.29, 1.82) is 5.41 Å². The molecule has 0 aromatic carbocycles. The summed E-state index contributed by atoms with van der Waals surface area (Å²) in [7, 11) is 0. The van der Waals surface area contributed by atoms with Gasteiger partial charge in [0.1, 0.15) is 5.60 Å². The minimum absolute atomic E-state index is 0.219.